The van der Waals surface area contributed by atoms with E-state index in [1.807, 2.05) is 0 Å². The summed E-state index contributed by atoms with van der Waals surface area (Å²) in [6.45, 7) is 3.49. The molecule has 1 fully saturated rings. The predicted octanol–water partition coefficient (Wildman–Crippen LogP) is 2.18. The number of hydrogen-bond donors (Lipinski definition) is 0. The summed E-state index contributed by atoms with van der Waals surface area (Å²) >= 11 is 1.47. The average molecular weight is 264 g/mol. The van der Waals surface area contributed by atoms with Gasteiger partial charge < -0.3 is 9.80 Å². The number of thiazole rings is 1. The molecule has 0 unspecified atom stereocenters. The van der Waals surface area contributed by atoms with E-state index in [4.69, 9.17) is 5.26 Å². The summed E-state index contributed by atoms with van der Waals surface area (Å²) in [7, 11) is 4.26. The highest BCUT2D eigenvalue weighted by atomic mass is 32.1. The highest BCUT2D eigenvalue weighted by molar-refractivity contribution is 7.16. The number of hydrogen-bond acceptors (Lipinski definition) is 5. The molecule has 5 heteroatoms. The van der Waals surface area contributed by atoms with E-state index in [9.17, 15) is 0 Å². The smallest absolute Gasteiger partial charge is 0.186 e. The fraction of sp³-hybridized carbons (Fsp3) is 0.692. The molecule has 0 saturated carbocycles. The number of piperidine rings is 1. The van der Waals surface area contributed by atoms with Crippen LogP contribution in [0.5, 0.6) is 0 Å². The number of aromatic nitrogens is 1. The van der Waals surface area contributed by atoms with Crippen molar-refractivity contribution in [2.75, 3.05) is 38.6 Å². The molecule has 1 aromatic heterocycles. The van der Waals surface area contributed by atoms with E-state index in [-0.39, 0.29) is 0 Å². The summed E-state index contributed by atoms with van der Waals surface area (Å²) in [5, 5.41) is 9.75. The quantitative estimate of drug-likeness (QED) is 0.836. The lowest BCUT2D eigenvalue weighted by Gasteiger charge is -2.30. The van der Waals surface area contributed by atoms with Crippen LogP contribution in [0.3, 0.4) is 0 Å². The zero-order valence-corrected chi connectivity index (χ0v) is 11.9. The molecule has 0 atom stereocenters. The largest absolute Gasteiger partial charge is 0.351 e. The highest BCUT2D eigenvalue weighted by Gasteiger charge is 2.17. The van der Waals surface area contributed by atoms with Gasteiger partial charge in [-0.15, -0.1) is 0 Å². The maximum absolute atomic E-state index is 8.79. The van der Waals surface area contributed by atoms with E-state index < -0.39 is 0 Å². The molecule has 1 aliphatic heterocycles. The molecule has 0 spiro atoms. The van der Waals surface area contributed by atoms with Crippen molar-refractivity contribution in [2.45, 2.75) is 19.3 Å². The predicted molar refractivity (Wildman–Crippen MR) is 74.9 cm³/mol. The Hall–Kier alpha value is -1.12. The van der Waals surface area contributed by atoms with Crippen LogP contribution in [0.15, 0.2) is 6.20 Å². The molecule has 1 saturated heterocycles. The van der Waals surface area contributed by atoms with Gasteiger partial charge in [-0.05, 0) is 45.3 Å². The maximum atomic E-state index is 8.79. The first-order chi connectivity index (χ1) is 8.69. The molecule has 2 heterocycles. The molecular formula is C13H20N4S. The molecule has 0 aliphatic carbocycles. The first-order valence-corrected chi connectivity index (χ1v) is 7.26. The lowest BCUT2D eigenvalue weighted by Crippen LogP contribution is -2.32. The van der Waals surface area contributed by atoms with Gasteiger partial charge in [0.05, 0.1) is 6.20 Å². The summed E-state index contributed by atoms with van der Waals surface area (Å²) < 4.78 is 0. The second-order valence-electron chi connectivity index (χ2n) is 5.08. The minimum absolute atomic E-state index is 0.691. The minimum Gasteiger partial charge on any atom is -0.351 e. The zero-order valence-electron chi connectivity index (χ0n) is 11.1. The van der Waals surface area contributed by atoms with Gasteiger partial charge >= 0.3 is 0 Å². The molecule has 18 heavy (non-hydrogen) atoms. The molecule has 1 aliphatic rings. The van der Waals surface area contributed by atoms with Crippen LogP contribution in [0.25, 0.3) is 0 Å². The van der Waals surface area contributed by atoms with Crippen LogP contribution in [0.1, 0.15) is 24.1 Å². The monoisotopic (exact) mass is 264 g/mol. The van der Waals surface area contributed by atoms with Crippen molar-refractivity contribution in [2.24, 2.45) is 5.92 Å². The molecule has 4 nitrogen and oxygen atoms in total. The first-order valence-electron chi connectivity index (χ1n) is 6.44. The Labute approximate surface area is 113 Å². The van der Waals surface area contributed by atoms with Gasteiger partial charge in [-0.3, -0.25) is 0 Å². The van der Waals surface area contributed by atoms with Crippen LogP contribution < -0.4 is 4.90 Å². The van der Waals surface area contributed by atoms with E-state index in [1.165, 1.54) is 43.7 Å². The molecule has 0 bridgehead atoms. The average Bonchev–Trinajstić information content (AvgIpc) is 2.86. The van der Waals surface area contributed by atoms with Crippen molar-refractivity contribution >= 4 is 16.5 Å². The van der Waals surface area contributed by atoms with Crippen LogP contribution in [-0.4, -0.2) is 43.6 Å². The Morgan fingerprint density at radius 1 is 1.56 bits per heavy atom. The molecule has 0 aromatic carbocycles. The zero-order chi connectivity index (χ0) is 13.0. The molecule has 98 valence electrons. The Bertz CT molecular complexity index is 415. The van der Waals surface area contributed by atoms with Crippen molar-refractivity contribution in [1.82, 2.24) is 9.88 Å². The third kappa shape index (κ3) is 3.44. The van der Waals surface area contributed by atoms with E-state index in [1.54, 1.807) is 6.20 Å². The third-order valence-corrected chi connectivity index (χ3v) is 4.66. The SMILES string of the molecule is CN1CCC(CCN(C)c2ncc(C#N)s2)CC1. The fourth-order valence-electron chi connectivity index (χ4n) is 2.32. The summed E-state index contributed by atoms with van der Waals surface area (Å²) in [5.74, 6) is 0.846. The van der Waals surface area contributed by atoms with Crippen molar-refractivity contribution < 1.29 is 0 Å². The molecule has 0 N–H and O–H groups in total. The fourth-order valence-corrected chi connectivity index (χ4v) is 3.02. The summed E-state index contributed by atoms with van der Waals surface area (Å²) in [6.07, 6.45) is 5.51. The maximum Gasteiger partial charge on any atom is 0.186 e. The Morgan fingerprint density at radius 3 is 2.89 bits per heavy atom. The van der Waals surface area contributed by atoms with Gasteiger partial charge in [-0.2, -0.15) is 5.26 Å². The topological polar surface area (TPSA) is 43.2 Å². The van der Waals surface area contributed by atoms with Gasteiger partial charge in [0, 0.05) is 13.6 Å². The number of nitriles is 1. The van der Waals surface area contributed by atoms with Crippen LogP contribution in [0, 0.1) is 17.2 Å². The van der Waals surface area contributed by atoms with Gasteiger partial charge in [0.2, 0.25) is 0 Å². The second-order valence-corrected chi connectivity index (χ2v) is 6.08. The lowest BCUT2D eigenvalue weighted by molar-refractivity contribution is 0.213. The summed E-state index contributed by atoms with van der Waals surface area (Å²) in [5.41, 5.74) is 0. The standard InChI is InChI=1S/C13H20N4S/c1-16-6-3-11(4-7-16)5-8-17(2)13-15-10-12(9-14)18-13/h10-11H,3-8H2,1-2H3. The van der Waals surface area contributed by atoms with E-state index in [0.717, 1.165) is 17.6 Å². The van der Waals surface area contributed by atoms with Gasteiger partial charge in [0.25, 0.3) is 0 Å². The van der Waals surface area contributed by atoms with Crippen LogP contribution in [0.2, 0.25) is 0 Å². The molecular weight excluding hydrogens is 244 g/mol. The van der Waals surface area contributed by atoms with Gasteiger partial charge in [-0.1, -0.05) is 11.3 Å². The van der Waals surface area contributed by atoms with Gasteiger partial charge in [0.1, 0.15) is 10.9 Å². The van der Waals surface area contributed by atoms with Gasteiger partial charge in [0.15, 0.2) is 5.13 Å². The molecule has 2 rings (SSSR count). The first kappa shape index (κ1) is 13.3. The summed E-state index contributed by atoms with van der Waals surface area (Å²) in [4.78, 5) is 9.54. The normalized spacial score (nSPS) is 17.6. The number of nitrogens with zero attached hydrogens (tertiary/aromatic N) is 4. The Balaban J connectivity index is 1.78. The number of anilines is 1. The van der Waals surface area contributed by atoms with Crippen LogP contribution in [-0.2, 0) is 0 Å². The van der Waals surface area contributed by atoms with Crippen molar-refractivity contribution in [1.29, 1.82) is 5.26 Å². The third-order valence-electron chi connectivity index (χ3n) is 3.64. The van der Waals surface area contributed by atoms with Crippen molar-refractivity contribution in [3.8, 4) is 6.07 Å². The molecule has 0 amide bonds. The number of likely N-dealkylation sites (tertiary alicyclic amines) is 1. The molecule has 0 radical (unpaired) electrons. The Morgan fingerprint density at radius 2 is 2.28 bits per heavy atom. The lowest BCUT2D eigenvalue weighted by atomic mass is 9.94. The summed E-state index contributed by atoms with van der Waals surface area (Å²) in [6, 6.07) is 2.14. The second kappa shape index (κ2) is 6.17. The van der Waals surface area contributed by atoms with Crippen LogP contribution >= 0.6 is 11.3 Å². The van der Waals surface area contributed by atoms with Crippen molar-refractivity contribution in [3.05, 3.63) is 11.1 Å². The number of rotatable bonds is 4. The van der Waals surface area contributed by atoms with Gasteiger partial charge in [-0.25, -0.2) is 4.98 Å². The van der Waals surface area contributed by atoms with E-state index in [0.29, 0.717) is 4.88 Å². The molecule has 1 aromatic rings. The van der Waals surface area contributed by atoms with E-state index in [2.05, 4.69) is 34.9 Å². The van der Waals surface area contributed by atoms with E-state index >= 15 is 0 Å². The minimum atomic E-state index is 0.691. The Kier molecular flexibility index (Phi) is 4.56. The van der Waals surface area contributed by atoms with Crippen LogP contribution in [0.4, 0.5) is 5.13 Å². The highest BCUT2D eigenvalue weighted by Crippen LogP contribution is 2.23. The van der Waals surface area contributed by atoms with Crippen molar-refractivity contribution in [3.63, 3.8) is 0 Å².